The normalized spacial score (nSPS) is 15.9. The number of hydrogen-bond donors (Lipinski definition) is 1. The molecule has 0 unspecified atom stereocenters. The van der Waals surface area contributed by atoms with Gasteiger partial charge >= 0.3 is 0 Å². The van der Waals surface area contributed by atoms with E-state index in [1.807, 2.05) is 0 Å². The fraction of sp³-hybridized carbons (Fsp3) is 0.562. The Balaban J connectivity index is 1.62. The second kappa shape index (κ2) is 8.37. The maximum absolute atomic E-state index is 13.0. The Hall–Kier alpha value is -1.10. The molecule has 1 aliphatic carbocycles. The van der Waals surface area contributed by atoms with E-state index in [0.29, 0.717) is 24.0 Å². The van der Waals surface area contributed by atoms with E-state index in [1.54, 1.807) is 17.8 Å². The molecule has 0 bridgehead atoms. The third-order valence-corrected chi connectivity index (χ3v) is 4.73. The van der Waals surface area contributed by atoms with E-state index in [2.05, 4.69) is 5.32 Å². The van der Waals surface area contributed by atoms with Crippen LogP contribution in [-0.2, 0) is 10.5 Å². The van der Waals surface area contributed by atoms with Gasteiger partial charge in [0.1, 0.15) is 0 Å². The lowest BCUT2D eigenvalue weighted by Gasteiger charge is -2.22. The first-order chi connectivity index (χ1) is 10.1. The van der Waals surface area contributed by atoms with E-state index < -0.39 is 11.6 Å². The largest absolute Gasteiger partial charge is 0.353 e. The smallest absolute Gasteiger partial charge is 0.221 e. The molecular weight excluding hydrogens is 292 g/mol. The summed E-state index contributed by atoms with van der Waals surface area (Å²) in [6.45, 7) is 0. The maximum atomic E-state index is 13.0. The molecule has 1 N–H and O–H groups in total. The van der Waals surface area contributed by atoms with Crippen molar-refractivity contribution in [2.75, 3.05) is 5.75 Å². The summed E-state index contributed by atoms with van der Waals surface area (Å²) in [6.07, 6.45) is 6.34. The molecule has 0 heterocycles. The molecule has 0 spiro atoms. The quantitative estimate of drug-likeness (QED) is 0.803. The summed E-state index contributed by atoms with van der Waals surface area (Å²) in [7, 11) is 0. The van der Waals surface area contributed by atoms with Crippen LogP contribution in [0.2, 0.25) is 0 Å². The van der Waals surface area contributed by atoms with Gasteiger partial charge in [0.25, 0.3) is 0 Å². The minimum Gasteiger partial charge on any atom is -0.353 e. The number of benzene rings is 1. The van der Waals surface area contributed by atoms with E-state index in [0.717, 1.165) is 24.5 Å². The standard InChI is InChI=1S/C16H21F2NOS/c17-14-7-6-12(10-15(14)18)11-21-9-8-16(20)19-13-4-2-1-3-5-13/h6-7,10,13H,1-5,8-9,11H2,(H,19,20). The van der Waals surface area contributed by atoms with Crippen LogP contribution in [0, 0.1) is 11.6 Å². The highest BCUT2D eigenvalue weighted by atomic mass is 32.2. The molecule has 21 heavy (non-hydrogen) atoms. The van der Waals surface area contributed by atoms with Crippen molar-refractivity contribution >= 4 is 17.7 Å². The van der Waals surface area contributed by atoms with Gasteiger partial charge in [0.05, 0.1) is 0 Å². The van der Waals surface area contributed by atoms with Gasteiger partial charge in [-0.1, -0.05) is 25.3 Å². The van der Waals surface area contributed by atoms with E-state index >= 15 is 0 Å². The zero-order valence-corrected chi connectivity index (χ0v) is 12.9. The average molecular weight is 313 g/mol. The zero-order chi connectivity index (χ0) is 15.1. The minimum atomic E-state index is -0.824. The minimum absolute atomic E-state index is 0.0969. The summed E-state index contributed by atoms with van der Waals surface area (Å²) in [4.78, 5) is 11.8. The fourth-order valence-electron chi connectivity index (χ4n) is 2.53. The van der Waals surface area contributed by atoms with Crippen LogP contribution < -0.4 is 5.32 Å². The van der Waals surface area contributed by atoms with Gasteiger partial charge in [0.15, 0.2) is 11.6 Å². The van der Waals surface area contributed by atoms with Gasteiger partial charge in [-0.25, -0.2) is 8.78 Å². The second-order valence-electron chi connectivity index (χ2n) is 5.45. The van der Waals surface area contributed by atoms with Crippen LogP contribution >= 0.6 is 11.8 Å². The van der Waals surface area contributed by atoms with Crippen LogP contribution in [-0.4, -0.2) is 17.7 Å². The third-order valence-electron chi connectivity index (χ3n) is 3.70. The third kappa shape index (κ3) is 5.65. The summed E-state index contributed by atoms with van der Waals surface area (Å²) >= 11 is 1.56. The number of carbonyl (C=O) groups excluding carboxylic acids is 1. The van der Waals surface area contributed by atoms with Crippen molar-refractivity contribution in [3.05, 3.63) is 35.4 Å². The molecule has 0 radical (unpaired) electrons. The van der Waals surface area contributed by atoms with Gasteiger partial charge in [0, 0.05) is 24.0 Å². The van der Waals surface area contributed by atoms with Crippen LogP contribution in [0.15, 0.2) is 18.2 Å². The highest BCUT2D eigenvalue weighted by Gasteiger charge is 2.15. The molecule has 0 aliphatic heterocycles. The van der Waals surface area contributed by atoms with E-state index in [4.69, 9.17) is 0 Å². The lowest BCUT2D eigenvalue weighted by Crippen LogP contribution is -2.36. The Morgan fingerprint density at radius 2 is 1.95 bits per heavy atom. The van der Waals surface area contributed by atoms with Gasteiger partial charge in [-0.05, 0) is 30.5 Å². The molecule has 1 saturated carbocycles. The Bertz CT molecular complexity index is 475. The van der Waals surface area contributed by atoms with Gasteiger partial charge in [-0.3, -0.25) is 4.79 Å². The molecule has 0 saturated heterocycles. The highest BCUT2D eigenvalue weighted by Crippen LogP contribution is 2.18. The molecule has 1 aliphatic rings. The number of rotatable bonds is 6. The molecule has 1 amide bonds. The van der Waals surface area contributed by atoms with Gasteiger partial charge in [-0.2, -0.15) is 11.8 Å². The Kier molecular flexibility index (Phi) is 6.49. The SMILES string of the molecule is O=C(CCSCc1ccc(F)c(F)c1)NC1CCCCC1. The molecule has 116 valence electrons. The van der Waals surface area contributed by atoms with Crippen LogP contribution in [0.25, 0.3) is 0 Å². The first-order valence-corrected chi connectivity index (χ1v) is 8.61. The molecule has 2 rings (SSSR count). The molecule has 1 aromatic rings. The molecule has 1 fully saturated rings. The van der Waals surface area contributed by atoms with Crippen molar-refractivity contribution in [3.63, 3.8) is 0 Å². The van der Waals surface area contributed by atoms with Crippen molar-refractivity contribution < 1.29 is 13.6 Å². The number of halogens is 2. The number of hydrogen-bond acceptors (Lipinski definition) is 2. The topological polar surface area (TPSA) is 29.1 Å². The summed E-state index contributed by atoms with van der Waals surface area (Å²) in [5.74, 6) is -0.260. The van der Waals surface area contributed by atoms with Crippen LogP contribution in [0.4, 0.5) is 8.78 Å². The number of nitrogens with one attached hydrogen (secondary N) is 1. The summed E-state index contributed by atoms with van der Waals surface area (Å²) in [5.41, 5.74) is 0.742. The first-order valence-electron chi connectivity index (χ1n) is 7.46. The lowest BCUT2D eigenvalue weighted by molar-refractivity contribution is -0.121. The van der Waals surface area contributed by atoms with Gasteiger partial charge in [0.2, 0.25) is 5.91 Å². The first kappa shape index (κ1) is 16.3. The van der Waals surface area contributed by atoms with Crippen LogP contribution in [0.5, 0.6) is 0 Å². The Morgan fingerprint density at radius 1 is 1.19 bits per heavy atom. The molecular formula is C16H21F2NOS. The lowest BCUT2D eigenvalue weighted by atomic mass is 9.95. The van der Waals surface area contributed by atoms with E-state index in [1.165, 1.54) is 25.3 Å². The second-order valence-corrected chi connectivity index (χ2v) is 6.56. The number of thioether (sulfide) groups is 1. The maximum Gasteiger partial charge on any atom is 0.221 e. The Labute approximate surface area is 128 Å². The van der Waals surface area contributed by atoms with E-state index in [9.17, 15) is 13.6 Å². The fourth-order valence-corrected chi connectivity index (χ4v) is 3.42. The predicted octanol–water partition coefficient (Wildman–Crippen LogP) is 4.04. The van der Waals surface area contributed by atoms with Gasteiger partial charge in [-0.15, -0.1) is 0 Å². The van der Waals surface area contributed by atoms with Crippen LogP contribution in [0.3, 0.4) is 0 Å². The van der Waals surface area contributed by atoms with Crippen molar-refractivity contribution in [2.24, 2.45) is 0 Å². The van der Waals surface area contributed by atoms with Crippen molar-refractivity contribution in [1.82, 2.24) is 5.32 Å². The zero-order valence-electron chi connectivity index (χ0n) is 12.0. The molecule has 5 heteroatoms. The summed E-state index contributed by atoms with van der Waals surface area (Å²) in [6, 6.07) is 4.28. The van der Waals surface area contributed by atoms with Crippen molar-refractivity contribution in [2.45, 2.75) is 50.3 Å². The average Bonchev–Trinajstić information content (AvgIpc) is 2.48. The van der Waals surface area contributed by atoms with Crippen LogP contribution in [0.1, 0.15) is 44.1 Å². The molecule has 0 atom stereocenters. The summed E-state index contributed by atoms with van der Waals surface area (Å²) < 4.78 is 25.8. The highest BCUT2D eigenvalue weighted by molar-refractivity contribution is 7.98. The van der Waals surface area contributed by atoms with Crippen molar-refractivity contribution in [1.29, 1.82) is 0 Å². The molecule has 1 aromatic carbocycles. The number of amides is 1. The predicted molar refractivity (Wildman–Crippen MR) is 82.2 cm³/mol. The van der Waals surface area contributed by atoms with Crippen molar-refractivity contribution in [3.8, 4) is 0 Å². The van der Waals surface area contributed by atoms with Gasteiger partial charge < -0.3 is 5.32 Å². The molecule has 2 nitrogen and oxygen atoms in total. The van der Waals surface area contributed by atoms with E-state index in [-0.39, 0.29) is 5.91 Å². The molecule has 0 aromatic heterocycles. The number of carbonyl (C=O) groups is 1. The summed E-state index contributed by atoms with van der Waals surface area (Å²) in [5, 5.41) is 3.07. The Morgan fingerprint density at radius 3 is 2.67 bits per heavy atom. The monoisotopic (exact) mass is 313 g/mol.